The van der Waals surface area contributed by atoms with E-state index in [1.165, 1.54) is 17.8 Å². The van der Waals surface area contributed by atoms with E-state index < -0.39 is 10.2 Å². The van der Waals surface area contributed by atoms with Crippen molar-refractivity contribution in [3.05, 3.63) is 94.2 Å². The molecule has 0 unspecified atom stereocenters. The van der Waals surface area contributed by atoms with E-state index in [1.807, 2.05) is 54.7 Å². The van der Waals surface area contributed by atoms with Crippen LogP contribution in [-0.4, -0.2) is 25.4 Å². The number of aryl methyl sites for hydroxylation is 1. The molecular weight excluding hydrogens is 402 g/mol. The minimum atomic E-state index is -0.681. The summed E-state index contributed by atoms with van der Waals surface area (Å²) in [5, 5.41) is 22.3. The van der Waals surface area contributed by atoms with Gasteiger partial charge >= 0.3 is 0 Å². The molecule has 8 nitrogen and oxygen atoms in total. The molecule has 2 aromatic carbocycles. The second-order valence-electron chi connectivity index (χ2n) is 6.59. The Morgan fingerprint density at radius 2 is 1.87 bits per heavy atom. The van der Waals surface area contributed by atoms with Crippen molar-refractivity contribution >= 4 is 34.7 Å². The first-order chi connectivity index (χ1) is 14.5. The molecule has 0 aliphatic rings. The molecule has 4 aromatic rings. The zero-order valence-corrected chi connectivity index (χ0v) is 16.7. The zero-order valence-electron chi connectivity index (χ0n) is 15.9. The summed E-state index contributed by atoms with van der Waals surface area (Å²) in [6.07, 6.45) is 1.82. The lowest BCUT2D eigenvalue weighted by atomic mass is 10.1. The van der Waals surface area contributed by atoms with E-state index in [-0.39, 0.29) is 17.3 Å². The maximum absolute atomic E-state index is 13.2. The Labute approximate surface area is 176 Å². The number of carbonyl (C=O) groups excluding carboxylic acids is 1. The number of thioether (sulfide) groups is 1. The Hall–Kier alpha value is -3.72. The number of nitro groups is 1. The van der Waals surface area contributed by atoms with Gasteiger partial charge in [0.2, 0.25) is 5.91 Å². The first-order valence-corrected chi connectivity index (χ1v) is 9.98. The minimum Gasteiger partial charge on any atom is -0.319 e. The van der Waals surface area contributed by atoms with Crippen LogP contribution in [0.3, 0.4) is 0 Å². The van der Waals surface area contributed by atoms with Crippen molar-refractivity contribution in [2.45, 2.75) is 17.3 Å². The van der Waals surface area contributed by atoms with E-state index in [0.717, 1.165) is 11.1 Å². The molecule has 2 aromatic heterocycles. The van der Waals surface area contributed by atoms with Gasteiger partial charge in [0.1, 0.15) is 10.9 Å². The third-order valence-electron chi connectivity index (χ3n) is 4.45. The third-order valence-corrected chi connectivity index (χ3v) is 5.67. The van der Waals surface area contributed by atoms with Crippen molar-refractivity contribution in [3.8, 4) is 0 Å². The Balaban J connectivity index is 1.69. The highest BCUT2D eigenvalue weighted by atomic mass is 32.2. The number of amides is 1. The summed E-state index contributed by atoms with van der Waals surface area (Å²) in [5.41, 5.74) is 2.17. The fourth-order valence-corrected chi connectivity index (χ4v) is 4.03. The van der Waals surface area contributed by atoms with Gasteiger partial charge in [-0.05, 0) is 36.2 Å². The van der Waals surface area contributed by atoms with E-state index in [9.17, 15) is 14.9 Å². The molecule has 0 bridgehead atoms. The van der Waals surface area contributed by atoms with Crippen LogP contribution in [0.5, 0.6) is 0 Å². The zero-order chi connectivity index (χ0) is 21.1. The molecule has 0 saturated carbocycles. The molecule has 150 valence electrons. The lowest BCUT2D eigenvalue weighted by molar-refractivity contribution is -0.384. The van der Waals surface area contributed by atoms with Gasteiger partial charge in [0.05, 0.1) is 4.92 Å². The van der Waals surface area contributed by atoms with Gasteiger partial charge in [0, 0.05) is 12.3 Å². The van der Waals surface area contributed by atoms with E-state index in [4.69, 9.17) is 0 Å². The highest BCUT2D eigenvalue weighted by molar-refractivity contribution is 8.00. The van der Waals surface area contributed by atoms with Crippen molar-refractivity contribution in [2.75, 3.05) is 5.32 Å². The third kappa shape index (κ3) is 4.01. The van der Waals surface area contributed by atoms with Crippen molar-refractivity contribution in [3.63, 3.8) is 0 Å². The number of nitrogens with one attached hydrogen (secondary N) is 1. The monoisotopic (exact) mass is 419 g/mol. The number of carbonyl (C=O) groups is 1. The number of nitrogens with zero attached hydrogens (tertiary/aromatic N) is 4. The Bertz CT molecular complexity index is 1230. The highest BCUT2D eigenvalue weighted by Gasteiger charge is 2.26. The van der Waals surface area contributed by atoms with Gasteiger partial charge in [-0.25, -0.2) is 0 Å². The molecule has 0 radical (unpaired) electrons. The molecule has 4 rings (SSSR count). The second-order valence-corrected chi connectivity index (χ2v) is 7.66. The van der Waals surface area contributed by atoms with Gasteiger partial charge in [0.25, 0.3) is 5.69 Å². The predicted octanol–water partition coefficient (Wildman–Crippen LogP) is 4.42. The van der Waals surface area contributed by atoms with Crippen LogP contribution in [0.25, 0.3) is 5.65 Å². The van der Waals surface area contributed by atoms with Crippen molar-refractivity contribution in [1.29, 1.82) is 0 Å². The molecule has 1 amide bonds. The summed E-state index contributed by atoms with van der Waals surface area (Å²) in [6, 6.07) is 19.5. The summed E-state index contributed by atoms with van der Waals surface area (Å²) in [5.74, 6) is -0.383. The van der Waals surface area contributed by atoms with Crippen LogP contribution in [0.4, 0.5) is 11.4 Å². The lowest BCUT2D eigenvalue weighted by Gasteiger charge is -2.16. The number of hydrogen-bond acceptors (Lipinski definition) is 6. The first-order valence-electron chi connectivity index (χ1n) is 9.10. The maximum atomic E-state index is 13.2. The molecule has 30 heavy (non-hydrogen) atoms. The van der Waals surface area contributed by atoms with Gasteiger partial charge in [0.15, 0.2) is 10.8 Å². The Morgan fingerprint density at radius 3 is 2.63 bits per heavy atom. The summed E-state index contributed by atoms with van der Waals surface area (Å²) in [6.45, 7) is 1.76. The topological polar surface area (TPSA) is 102 Å². The molecule has 9 heteroatoms. The van der Waals surface area contributed by atoms with E-state index in [2.05, 4.69) is 15.5 Å². The van der Waals surface area contributed by atoms with Crippen LogP contribution in [0.2, 0.25) is 0 Å². The Kier molecular flexibility index (Phi) is 5.44. The molecular formula is C21H17N5O3S. The molecule has 0 saturated heterocycles. The van der Waals surface area contributed by atoms with Crippen molar-refractivity contribution < 1.29 is 9.72 Å². The largest absolute Gasteiger partial charge is 0.319 e. The van der Waals surface area contributed by atoms with E-state index in [0.29, 0.717) is 10.8 Å². The number of hydrogen-bond donors (Lipinski definition) is 1. The minimum absolute atomic E-state index is 0.145. The standard InChI is InChI=1S/C21H17N5O3S/c1-14-10-11-16(17(13-14)26(28)29)22-20(27)19(15-7-3-2-4-8-15)30-21-24-23-18-9-5-6-12-25(18)21/h2-13,19H,1H3,(H,22,27)/t19-/m1/s1. The van der Waals surface area contributed by atoms with Gasteiger partial charge in [-0.1, -0.05) is 54.2 Å². The number of anilines is 1. The molecule has 0 spiro atoms. The van der Waals surface area contributed by atoms with Gasteiger partial charge in [-0.2, -0.15) is 0 Å². The molecule has 0 fully saturated rings. The predicted molar refractivity (Wildman–Crippen MR) is 114 cm³/mol. The molecule has 0 aliphatic heterocycles. The molecule has 0 aliphatic carbocycles. The van der Waals surface area contributed by atoms with Crippen LogP contribution in [0.1, 0.15) is 16.4 Å². The fraction of sp³-hybridized carbons (Fsp3) is 0.0952. The van der Waals surface area contributed by atoms with Crippen LogP contribution in [0.15, 0.2) is 78.1 Å². The number of fused-ring (bicyclic) bond motifs is 1. The number of pyridine rings is 1. The SMILES string of the molecule is Cc1ccc(NC(=O)[C@H](Sc2nnc3ccccn23)c2ccccc2)c([N+](=O)[O-])c1. The summed E-state index contributed by atoms with van der Waals surface area (Å²) < 4.78 is 1.79. The van der Waals surface area contributed by atoms with Crippen molar-refractivity contribution in [1.82, 2.24) is 14.6 Å². The summed E-state index contributed by atoms with van der Waals surface area (Å²) >= 11 is 1.23. The van der Waals surface area contributed by atoms with Gasteiger partial charge in [-0.3, -0.25) is 19.3 Å². The quantitative estimate of drug-likeness (QED) is 0.282. The average Bonchev–Trinajstić information content (AvgIpc) is 3.16. The number of benzene rings is 2. The number of nitro benzene ring substituents is 1. The van der Waals surface area contributed by atoms with E-state index in [1.54, 1.807) is 23.5 Å². The van der Waals surface area contributed by atoms with Gasteiger partial charge < -0.3 is 5.32 Å². The fourth-order valence-electron chi connectivity index (χ4n) is 3.00. The van der Waals surface area contributed by atoms with Gasteiger partial charge in [-0.15, -0.1) is 10.2 Å². The summed E-state index contributed by atoms with van der Waals surface area (Å²) in [7, 11) is 0. The Morgan fingerprint density at radius 1 is 1.10 bits per heavy atom. The van der Waals surface area contributed by atoms with E-state index >= 15 is 0 Å². The first kappa shape index (κ1) is 19.6. The maximum Gasteiger partial charge on any atom is 0.293 e. The normalized spacial score (nSPS) is 11.9. The number of aromatic nitrogens is 3. The van der Waals surface area contributed by atoms with Crippen molar-refractivity contribution in [2.24, 2.45) is 0 Å². The molecule has 1 atom stereocenters. The lowest BCUT2D eigenvalue weighted by Crippen LogP contribution is -2.20. The highest BCUT2D eigenvalue weighted by Crippen LogP contribution is 2.36. The average molecular weight is 419 g/mol. The second kappa shape index (κ2) is 8.34. The summed E-state index contributed by atoms with van der Waals surface area (Å²) in [4.78, 5) is 24.1. The van der Waals surface area contributed by atoms with Crippen LogP contribution in [-0.2, 0) is 4.79 Å². The van der Waals surface area contributed by atoms with Crippen LogP contribution < -0.4 is 5.32 Å². The molecule has 2 heterocycles. The smallest absolute Gasteiger partial charge is 0.293 e. The van der Waals surface area contributed by atoms with Crippen LogP contribution >= 0.6 is 11.8 Å². The number of rotatable bonds is 6. The van der Waals surface area contributed by atoms with Crippen LogP contribution in [0, 0.1) is 17.0 Å². The molecule has 1 N–H and O–H groups in total.